The van der Waals surface area contributed by atoms with Crippen LogP contribution in [0.5, 0.6) is 11.5 Å². The summed E-state index contributed by atoms with van der Waals surface area (Å²) in [7, 11) is 3.11. The topological polar surface area (TPSA) is 111 Å². The van der Waals surface area contributed by atoms with Crippen LogP contribution in [0.4, 0.5) is 5.69 Å². The van der Waals surface area contributed by atoms with E-state index in [2.05, 4.69) is 20.6 Å². The second kappa shape index (κ2) is 12.5. The molecule has 0 spiro atoms. The van der Waals surface area contributed by atoms with Gasteiger partial charge in [0.15, 0.2) is 11.5 Å². The lowest BCUT2D eigenvalue weighted by Gasteiger charge is -2.33. The van der Waals surface area contributed by atoms with E-state index in [4.69, 9.17) is 9.47 Å². The molecule has 0 aliphatic heterocycles. The molecule has 2 aromatic heterocycles. The quantitative estimate of drug-likeness (QED) is 0.255. The van der Waals surface area contributed by atoms with Crippen LogP contribution in [-0.2, 0) is 16.1 Å². The van der Waals surface area contributed by atoms with Crippen molar-refractivity contribution in [2.45, 2.75) is 50.7 Å². The summed E-state index contributed by atoms with van der Waals surface area (Å²) in [5.41, 5.74) is 3.26. The fourth-order valence-corrected chi connectivity index (χ4v) is 5.83. The number of ether oxygens (including phenoxy) is 2. The fraction of sp³-hybridized carbons (Fsp3) is 0.303. The number of nitrogens with one attached hydrogen (secondary N) is 1. The summed E-state index contributed by atoms with van der Waals surface area (Å²) in [6.07, 6.45) is 6.72. The zero-order valence-electron chi connectivity index (χ0n) is 24.3. The first kappa shape index (κ1) is 28.1. The van der Waals surface area contributed by atoms with Crippen molar-refractivity contribution in [1.82, 2.24) is 25.3 Å². The second-order valence-electron chi connectivity index (χ2n) is 10.7. The smallest absolute Gasteiger partial charge is 0.249 e. The van der Waals surface area contributed by atoms with Crippen LogP contribution < -0.4 is 19.7 Å². The first-order valence-corrected chi connectivity index (χ1v) is 14.5. The van der Waals surface area contributed by atoms with E-state index < -0.39 is 6.04 Å². The molecule has 0 saturated heterocycles. The highest BCUT2D eigenvalue weighted by Crippen LogP contribution is 2.35. The first-order chi connectivity index (χ1) is 21.1. The monoisotopic (exact) mass is 578 g/mol. The molecule has 43 heavy (non-hydrogen) atoms. The maximum atomic E-state index is 14.5. The SMILES string of the molecule is COc1ccc(C(C(=O)NC2CCCCC2)N(C(=O)Cn2nnc3ccccc32)c2cnc3ccccc3c2)cc1OC. The minimum Gasteiger partial charge on any atom is -0.493 e. The lowest BCUT2D eigenvalue weighted by Crippen LogP contribution is -2.48. The summed E-state index contributed by atoms with van der Waals surface area (Å²) in [5.74, 6) is 0.370. The van der Waals surface area contributed by atoms with Crippen LogP contribution in [0.15, 0.2) is 79.0 Å². The minimum absolute atomic E-state index is 0.0369. The number of carbonyl (C=O) groups is 2. The zero-order chi connectivity index (χ0) is 29.8. The Morgan fingerprint density at radius 2 is 1.67 bits per heavy atom. The van der Waals surface area contributed by atoms with Crippen molar-refractivity contribution in [3.63, 3.8) is 0 Å². The van der Waals surface area contributed by atoms with Gasteiger partial charge in [0.2, 0.25) is 11.8 Å². The number of methoxy groups -OCH3 is 2. The standard InChI is InChI=1S/C33H34N6O4/c1-42-29-17-16-23(19-30(29)43-2)32(33(41)35-24-11-4-3-5-12-24)39(25-18-22-10-6-7-13-26(22)34-20-25)31(40)21-38-28-15-9-8-14-27(28)36-37-38/h6-10,13-20,24,32H,3-5,11-12,21H2,1-2H3,(H,35,41). The molecule has 220 valence electrons. The number of fused-ring (bicyclic) bond motifs is 2. The molecule has 1 saturated carbocycles. The maximum Gasteiger partial charge on any atom is 0.249 e. The minimum atomic E-state index is -1.02. The van der Waals surface area contributed by atoms with Crippen molar-refractivity contribution in [2.24, 2.45) is 0 Å². The van der Waals surface area contributed by atoms with Crippen LogP contribution in [0.25, 0.3) is 21.9 Å². The molecule has 2 heterocycles. The Labute approximate surface area is 249 Å². The lowest BCUT2D eigenvalue weighted by atomic mass is 9.94. The molecule has 1 unspecified atom stereocenters. The Kier molecular flexibility index (Phi) is 8.17. The predicted octanol–water partition coefficient (Wildman–Crippen LogP) is 5.22. The van der Waals surface area contributed by atoms with Crippen molar-refractivity contribution in [3.05, 3.63) is 84.6 Å². The number of pyridine rings is 1. The van der Waals surface area contributed by atoms with Crippen LogP contribution in [0.2, 0.25) is 0 Å². The van der Waals surface area contributed by atoms with Gasteiger partial charge in [0.05, 0.1) is 37.1 Å². The van der Waals surface area contributed by atoms with E-state index in [-0.39, 0.29) is 24.4 Å². The molecular formula is C33H34N6O4. The van der Waals surface area contributed by atoms with Crippen molar-refractivity contribution < 1.29 is 19.1 Å². The van der Waals surface area contributed by atoms with Gasteiger partial charge in [-0.25, -0.2) is 4.68 Å². The van der Waals surface area contributed by atoms with Gasteiger partial charge in [-0.2, -0.15) is 0 Å². The number of para-hydroxylation sites is 2. The van der Waals surface area contributed by atoms with Crippen molar-refractivity contribution >= 4 is 39.4 Å². The molecule has 1 aliphatic rings. The summed E-state index contributed by atoms with van der Waals surface area (Å²) >= 11 is 0. The molecule has 6 rings (SSSR count). The normalized spacial score (nSPS) is 14.4. The molecule has 1 aliphatic carbocycles. The predicted molar refractivity (Wildman–Crippen MR) is 164 cm³/mol. The van der Waals surface area contributed by atoms with Crippen molar-refractivity contribution in [3.8, 4) is 11.5 Å². The Bertz CT molecular complexity index is 1760. The number of nitrogens with zero attached hydrogens (tertiary/aromatic N) is 5. The fourth-order valence-electron chi connectivity index (χ4n) is 5.83. The van der Waals surface area contributed by atoms with Gasteiger partial charge >= 0.3 is 0 Å². The van der Waals surface area contributed by atoms with E-state index in [1.165, 1.54) is 4.90 Å². The molecule has 0 radical (unpaired) electrons. The van der Waals surface area contributed by atoms with Crippen LogP contribution in [0.3, 0.4) is 0 Å². The number of hydrogen-bond donors (Lipinski definition) is 1. The number of benzene rings is 3. The molecule has 0 bridgehead atoms. The molecule has 1 fully saturated rings. The van der Waals surface area contributed by atoms with E-state index in [1.807, 2.05) is 54.6 Å². The third-order valence-corrected chi connectivity index (χ3v) is 8.01. The summed E-state index contributed by atoms with van der Waals surface area (Å²) in [6, 6.07) is 21.4. The molecule has 1 atom stereocenters. The lowest BCUT2D eigenvalue weighted by molar-refractivity contribution is -0.127. The van der Waals surface area contributed by atoms with Crippen LogP contribution in [0.1, 0.15) is 43.7 Å². The van der Waals surface area contributed by atoms with Crippen LogP contribution in [0, 0.1) is 0 Å². The number of aromatic nitrogens is 4. The Morgan fingerprint density at radius 1 is 0.930 bits per heavy atom. The van der Waals surface area contributed by atoms with Gasteiger partial charge in [-0.1, -0.05) is 60.9 Å². The highest BCUT2D eigenvalue weighted by atomic mass is 16.5. The maximum absolute atomic E-state index is 14.5. The Morgan fingerprint density at radius 3 is 2.47 bits per heavy atom. The summed E-state index contributed by atoms with van der Waals surface area (Å²) in [6.45, 7) is -0.131. The number of amides is 2. The molecule has 10 nitrogen and oxygen atoms in total. The molecule has 5 aromatic rings. The average molecular weight is 579 g/mol. The highest BCUT2D eigenvalue weighted by Gasteiger charge is 2.35. The highest BCUT2D eigenvalue weighted by molar-refractivity contribution is 6.02. The number of rotatable bonds is 9. The molecular weight excluding hydrogens is 544 g/mol. The van der Waals surface area contributed by atoms with Gasteiger partial charge in [0.25, 0.3) is 0 Å². The second-order valence-corrected chi connectivity index (χ2v) is 10.7. The summed E-state index contributed by atoms with van der Waals surface area (Å²) < 4.78 is 12.6. The van der Waals surface area contributed by atoms with E-state index in [9.17, 15) is 9.59 Å². The van der Waals surface area contributed by atoms with Gasteiger partial charge in [0, 0.05) is 11.4 Å². The number of hydrogen-bond acceptors (Lipinski definition) is 7. The van der Waals surface area contributed by atoms with Gasteiger partial charge in [0.1, 0.15) is 18.1 Å². The van der Waals surface area contributed by atoms with Gasteiger partial charge < -0.3 is 14.8 Å². The molecule has 1 N–H and O–H groups in total. The van der Waals surface area contributed by atoms with E-state index in [1.54, 1.807) is 43.3 Å². The van der Waals surface area contributed by atoms with E-state index >= 15 is 0 Å². The number of anilines is 1. The third kappa shape index (κ3) is 5.86. The molecule has 10 heteroatoms. The van der Waals surface area contributed by atoms with Gasteiger partial charge in [-0.05, 0) is 54.8 Å². The third-order valence-electron chi connectivity index (χ3n) is 8.01. The Hall–Kier alpha value is -4.99. The molecule has 3 aromatic carbocycles. The first-order valence-electron chi connectivity index (χ1n) is 14.5. The Balaban J connectivity index is 1.48. The van der Waals surface area contributed by atoms with Crippen molar-refractivity contribution in [1.29, 1.82) is 0 Å². The van der Waals surface area contributed by atoms with Crippen LogP contribution in [-0.4, -0.2) is 52.1 Å². The average Bonchev–Trinajstić information content (AvgIpc) is 3.45. The summed E-state index contributed by atoms with van der Waals surface area (Å²) in [5, 5.41) is 12.6. The number of carbonyl (C=O) groups excluding carboxylic acids is 2. The van der Waals surface area contributed by atoms with E-state index in [0.29, 0.717) is 28.3 Å². The van der Waals surface area contributed by atoms with Crippen LogP contribution >= 0.6 is 0 Å². The largest absolute Gasteiger partial charge is 0.493 e. The zero-order valence-corrected chi connectivity index (χ0v) is 24.3. The van der Waals surface area contributed by atoms with E-state index in [0.717, 1.165) is 48.5 Å². The van der Waals surface area contributed by atoms with Gasteiger partial charge in [-0.15, -0.1) is 5.10 Å². The van der Waals surface area contributed by atoms with Crippen molar-refractivity contribution in [2.75, 3.05) is 19.1 Å². The molecule has 2 amide bonds. The summed E-state index contributed by atoms with van der Waals surface area (Å²) in [4.78, 5) is 34.9. The van der Waals surface area contributed by atoms with Gasteiger partial charge in [-0.3, -0.25) is 19.5 Å².